The summed E-state index contributed by atoms with van der Waals surface area (Å²) in [6, 6.07) is 12.9. The minimum atomic E-state index is -0.586. The number of ether oxygens (including phenoxy) is 1. The van der Waals surface area contributed by atoms with Crippen LogP contribution in [0, 0.1) is 11.8 Å². The molecule has 2 unspecified atom stereocenters. The Morgan fingerprint density at radius 1 is 0.710 bits per heavy atom. The quantitative estimate of drug-likeness (QED) is 0.145. The van der Waals surface area contributed by atoms with Gasteiger partial charge in [0.2, 0.25) is 11.8 Å². The lowest BCUT2D eigenvalue weighted by atomic mass is 9.76. The molecule has 2 aliphatic heterocycles. The average molecular weight is 840 g/mol. The number of amides is 3. The van der Waals surface area contributed by atoms with Crippen LogP contribution in [-0.2, 0) is 26.2 Å². The van der Waals surface area contributed by atoms with E-state index in [2.05, 4.69) is 56.6 Å². The fourth-order valence-corrected chi connectivity index (χ4v) is 12.8. The van der Waals surface area contributed by atoms with Gasteiger partial charge in [-0.25, -0.2) is 14.8 Å². The Morgan fingerprint density at radius 2 is 1.32 bits per heavy atom. The summed E-state index contributed by atoms with van der Waals surface area (Å²) in [4.78, 5) is 61.4. The zero-order valence-corrected chi connectivity index (χ0v) is 36.7. The number of methoxy groups -OCH3 is 1. The van der Waals surface area contributed by atoms with Gasteiger partial charge >= 0.3 is 6.09 Å². The van der Waals surface area contributed by atoms with Crippen LogP contribution in [0.25, 0.3) is 33.6 Å². The van der Waals surface area contributed by atoms with Gasteiger partial charge in [0.25, 0.3) is 0 Å². The number of rotatable bonds is 10. The molecule has 2 aromatic carbocycles. The molecular formula is C51H65N7O4. The molecular weight excluding hydrogens is 775 g/mol. The first-order valence-electron chi connectivity index (χ1n) is 24.2. The molecule has 11 heteroatoms. The number of aromatic amines is 2. The Hall–Kier alpha value is -4.93. The van der Waals surface area contributed by atoms with Crippen molar-refractivity contribution in [3.63, 3.8) is 0 Å². The molecule has 4 heterocycles. The molecule has 4 aromatic rings. The van der Waals surface area contributed by atoms with Gasteiger partial charge in [0.05, 0.1) is 43.0 Å². The van der Waals surface area contributed by atoms with Gasteiger partial charge in [-0.1, -0.05) is 87.8 Å². The zero-order valence-electron chi connectivity index (χ0n) is 36.7. The lowest BCUT2D eigenvalue weighted by Gasteiger charge is -2.34. The van der Waals surface area contributed by atoms with E-state index in [1.54, 1.807) is 0 Å². The fraction of sp³-hybridized carbons (Fsp3) is 0.588. The highest BCUT2D eigenvalue weighted by atomic mass is 16.5. The Morgan fingerprint density at radius 3 is 2.03 bits per heavy atom. The number of aromatic nitrogens is 4. The molecule has 0 radical (unpaired) electrons. The number of benzene rings is 2. The van der Waals surface area contributed by atoms with Crippen molar-refractivity contribution in [2.75, 3.05) is 20.2 Å². The first-order chi connectivity index (χ1) is 30.4. The third-order valence-corrected chi connectivity index (χ3v) is 16.0. The second kappa shape index (κ2) is 17.7. The van der Waals surface area contributed by atoms with Crippen molar-refractivity contribution in [1.29, 1.82) is 0 Å². The first kappa shape index (κ1) is 41.1. The van der Waals surface area contributed by atoms with Crippen molar-refractivity contribution in [3.8, 4) is 33.6 Å². The highest BCUT2D eigenvalue weighted by Crippen LogP contribution is 2.55. The van der Waals surface area contributed by atoms with E-state index in [0.717, 1.165) is 92.9 Å². The maximum absolute atomic E-state index is 14.3. The molecule has 3 atom stereocenters. The van der Waals surface area contributed by atoms with Gasteiger partial charge in [-0.2, -0.15) is 0 Å². The number of hydrogen-bond donors (Lipinski definition) is 3. The van der Waals surface area contributed by atoms with Crippen LogP contribution >= 0.6 is 0 Å². The van der Waals surface area contributed by atoms with Gasteiger partial charge in [0.15, 0.2) is 0 Å². The number of nitrogens with zero attached hydrogens (tertiary/aromatic N) is 4. The SMILES string of the molecule is COC(=O)NC(C(=O)N1CCCC1c1ncc(-c2ccc(-c3ccc(-c4cnc([C@@H]5CCCN5C(=O)CC5CCCCC5)[nH]4)cc3)c3c2CCC32CCCC2)[nH]1)C1CCCCC1. The van der Waals surface area contributed by atoms with Crippen LogP contribution in [0.2, 0.25) is 0 Å². The number of carbonyl (C=O) groups is 3. The van der Waals surface area contributed by atoms with E-state index in [0.29, 0.717) is 24.8 Å². The van der Waals surface area contributed by atoms with Crippen LogP contribution in [0.4, 0.5) is 4.79 Å². The van der Waals surface area contributed by atoms with Crippen molar-refractivity contribution in [1.82, 2.24) is 35.1 Å². The Bertz CT molecular complexity index is 2240. The van der Waals surface area contributed by atoms with Gasteiger partial charge in [0.1, 0.15) is 17.7 Å². The smallest absolute Gasteiger partial charge is 0.407 e. The summed E-state index contributed by atoms with van der Waals surface area (Å²) in [5.41, 5.74) is 10.0. The molecule has 3 amide bonds. The van der Waals surface area contributed by atoms with Gasteiger partial charge in [-0.3, -0.25) is 9.59 Å². The number of imidazole rings is 2. The van der Waals surface area contributed by atoms with Gasteiger partial charge < -0.3 is 29.8 Å². The Balaban J connectivity index is 0.888. The number of likely N-dealkylation sites (tertiary alicyclic amines) is 2. The monoisotopic (exact) mass is 840 g/mol. The van der Waals surface area contributed by atoms with Gasteiger partial charge in [0, 0.05) is 25.1 Å². The molecule has 4 aliphatic carbocycles. The standard InChI is InChI=1S/C51H65N7O4/c1-62-50(61)56-46(36-14-6-3-7-15-36)49(60)58-29-11-17-43(58)48-53-32-41(55-48)38-23-22-37(45-39(38)24-27-51(45)25-8-9-26-51)34-18-20-35(21-19-34)40-31-52-47(54-40)42-16-10-28-57(42)44(59)30-33-12-4-2-5-13-33/h18-23,31-33,36,42-43,46H,2-17,24-30H2,1H3,(H,52,54)(H,53,55)(H,56,61)/t42-,43?,46?/m0/s1. The summed E-state index contributed by atoms with van der Waals surface area (Å²) in [7, 11) is 1.36. The second-order valence-corrected chi connectivity index (χ2v) is 19.6. The summed E-state index contributed by atoms with van der Waals surface area (Å²) < 4.78 is 4.97. The van der Waals surface area contributed by atoms with Crippen LogP contribution in [0.15, 0.2) is 48.8 Å². The number of H-pyrrole nitrogens is 2. The molecule has 3 saturated carbocycles. The summed E-state index contributed by atoms with van der Waals surface area (Å²) in [6.45, 7) is 1.48. The summed E-state index contributed by atoms with van der Waals surface area (Å²) in [6.07, 6.45) is 26.4. The van der Waals surface area contributed by atoms with E-state index in [4.69, 9.17) is 14.7 Å². The number of nitrogens with one attached hydrogen (secondary N) is 3. The molecule has 2 saturated heterocycles. The molecule has 3 N–H and O–H groups in total. The molecule has 10 rings (SSSR count). The predicted molar refractivity (Wildman–Crippen MR) is 240 cm³/mol. The van der Waals surface area contributed by atoms with Crippen molar-refractivity contribution in [2.45, 2.75) is 158 Å². The molecule has 2 aromatic heterocycles. The number of carbonyl (C=O) groups excluding carboxylic acids is 3. The first-order valence-corrected chi connectivity index (χ1v) is 24.2. The molecule has 0 bridgehead atoms. The summed E-state index contributed by atoms with van der Waals surface area (Å²) in [5, 5.41) is 2.93. The van der Waals surface area contributed by atoms with Crippen LogP contribution in [0.5, 0.6) is 0 Å². The van der Waals surface area contributed by atoms with Crippen LogP contribution in [-0.4, -0.2) is 73.9 Å². The minimum absolute atomic E-state index is 0.0211. The van der Waals surface area contributed by atoms with E-state index in [9.17, 15) is 14.4 Å². The molecule has 6 aliphatic rings. The zero-order chi connectivity index (χ0) is 42.2. The van der Waals surface area contributed by atoms with Crippen LogP contribution < -0.4 is 5.32 Å². The summed E-state index contributed by atoms with van der Waals surface area (Å²) >= 11 is 0. The van der Waals surface area contributed by atoms with Crippen molar-refractivity contribution < 1.29 is 19.1 Å². The van der Waals surface area contributed by atoms with Crippen LogP contribution in [0.1, 0.15) is 163 Å². The molecule has 11 nitrogen and oxygen atoms in total. The second-order valence-electron chi connectivity index (χ2n) is 19.6. The van der Waals surface area contributed by atoms with Crippen molar-refractivity contribution >= 4 is 17.9 Å². The molecule has 328 valence electrons. The third-order valence-electron chi connectivity index (χ3n) is 16.0. The van der Waals surface area contributed by atoms with E-state index in [-0.39, 0.29) is 29.3 Å². The van der Waals surface area contributed by atoms with E-state index >= 15 is 0 Å². The minimum Gasteiger partial charge on any atom is -0.453 e. The number of alkyl carbamates (subject to hydrolysis) is 1. The van der Waals surface area contributed by atoms with Crippen molar-refractivity contribution in [2.24, 2.45) is 11.8 Å². The average Bonchev–Trinajstić information content (AvgIpc) is 4.18. The molecule has 5 fully saturated rings. The molecule has 62 heavy (non-hydrogen) atoms. The van der Waals surface area contributed by atoms with E-state index in [1.807, 2.05) is 17.3 Å². The normalized spacial score (nSPS) is 23.2. The largest absolute Gasteiger partial charge is 0.453 e. The summed E-state index contributed by atoms with van der Waals surface area (Å²) in [5.74, 6) is 2.66. The Kier molecular flexibility index (Phi) is 11.7. The predicted octanol–water partition coefficient (Wildman–Crippen LogP) is 10.5. The fourth-order valence-electron chi connectivity index (χ4n) is 12.8. The third kappa shape index (κ3) is 7.87. The van der Waals surface area contributed by atoms with Crippen molar-refractivity contribution in [3.05, 3.63) is 71.6 Å². The van der Waals surface area contributed by atoms with E-state index < -0.39 is 12.1 Å². The van der Waals surface area contributed by atoms with E-state index in [1.165, 1.54) is 106 Å². The lowest BCUT2D eigenvalue weighted by molar-refractivity contribution is -0.136. The maximum atomic E-state index is 14.3. The Labute approximate surface area is 366 Å². The maximum Gasteiger partial charge on any atom is 0.407 e. The highest BCUT2D eigenvalue weighted by molar-refractivity contribution is 5.87. The molecule has 1 spiro atoms. The topological polar surface area (TPSA) is 136 Å². The van der Waals surface area contributed by atoms with Gasteiger partial charge in [-0.05, 0) is 122 Å². The van der Waals surface area contributed by atoms with Crippen LogP contribution in [0.3, 0.4) is 0 Å². The number of hydrogen-bond acceptors (Lipinski definition) is 6. The van der Waals surface area contributed by atoms with Gasteiger partial charge in [-0.15, -0.1) is 0 Å². The number of fused-ring (bicyclic) bond motifs is 2. The highest BCUT2D eigenvalue weighted by Gasteiger charge is 2.44. The lowest BCUT2D eigenvalue weighted by Crippen LogP contribution is -2.52.